The lowest BCUT2D eigenvalue weighted by Crippen LogP contribution is -2.26. The maximum Gasteiger partial charge on any atom is 0.221 e. The van der Waals surface area contributed by atoms with Gasteiger partial charge in [0.1, 0.15) is 0 Å². The van der Waals surface area contributed by atoms with Crippen LogP contribution in [0.15, 0.2) is 42.5 Å². The van der Waals surface area contributed by atoms with Crippen LogP contribution in [0.25, 0.3) is 0 Å². The monoisotopic (exact) mass is 267 g/mol. The molecule has 0 bridgehead atoms. The smallest absolute Gasteiger partial charge is 0.221 e. The van der Waals surface area contributed by atoms with Gasteiger partial charge in [-0.2, -0.15) is 0 Å². The molecule has 3 N–H and O–H groups in total. The Hall–Kier alpha value is -2.33. The van der Waals surface area contributed by atoms with E-state index in [1.807, 2.05) is 43.4 Å². The summed E-state index contributed by atoms with van der Waals surface area (Å²) in [6.45, 7) is 1.50. The normalized spacial score (nSPS) is 16.4. The fourth-order valence-corrected chi connectivity index (χ4v) is 2.74. The van der Waals surface area contributed by atoms with Crippen LogP contribution < -0.4 is 16.0 Å². The van der Waals surface area contributed by atoms with E-state index in [0.717, 1.165) is 28.2 Å². The van der Waals surface area contributed by atoms with Crippen molar-refractivity contribution in [3.8, 4) is 0 Å². The van der Waals surface area contributed by atoms with E-state index < -0.39 is 0 Å². The van der Waals surface area contributed by atoms with Crippen molar-refractivity contribution in [2.24, 2.45) is 5.73 Å². The Kier molecular flexibility index (Phi) is 2.95. The number of anilines is 3. The van der Waals surface area contributed by atoms with Crippen LogP contribution in [-0.4, -0.2) is 13.0 Å². The van der Waals surface area contributed by atoms with Crippen LogP contribution in [0.3, 0.4) is 0 Å². The molecule has 1 atom stereocenters. The average molecular weight is 267 g/mol. The molecular weight excluding hydrogens is 250 g/mol. The molecule has 20 heavy (non-hydrogen) atoms. The lowest BCUT2D eigenvalue weighted by molar-refractivity contribution is -0.114. The number of benzene rings is 2. The molecule has 2 aromatic rings. The zero-order valence-corrected chi connectivity index (χ0v) is 11.6. The average Bonchev–Trinajstić information content (AvgIpc) is 2.44. The Balaban J connectivity index is 2.10. The van der Waals surface area contributed by atoms with E-state index in [9.17, 15) is 4.79 Å². The lowest BCUT2D eigenvalue weighted by Gasteiger charge is -2.34. The summed E-state index contributed by atoms with van der Waals surface area (Å²) < 4.78 is 0. The number of nitrogens with zero attached hydrogens (tertiary/aromatic N) is 1. The molecule has 102 valence electrons. The fraction of sp³-hybridized carbons (Fsp3) is 0.188. The highest BCUT2D eigenvalue weighted by Gasteiger charge is 2.26. The predicted molar refractivity (Wildman–Crippen MR) is 81.3 cm³/mol. The first kappa shape index (κ1) is 12.7. The molecule has 1 heterocycles. The minimum absolute atomic E-state index is 0.0805. The first-order valence-corrected chi connectivity index (χ1v) is 6.57. The number of amides is 1. The van der Waals surface area contributed by atoms with Crippen LogP contribution in [-0.2, 0) is 4.79 Å². The van der Waals surface area contributed by atoms with Crippen LogP contribution >= 0.6 is 0 Å². The third-order valence-electron chi connectivity index (χ3n) is 3.68. The van der Waals surface area contributed by atoms with E-state index in [-0.39, 0.29) is 11.9 Å². The fourth-order valence-electron chi connectivity index (χ4n) is 2.74. The van der Waals surface area contributed by atoms with Crippen molar-refractivity contribution in [3.05, 3.63) is 53.6 Å². The van der Waals surface area contributed by atoms with Crippen molar-refractivity contribution in [2.75, 3.05) is 17.3 Å². The molecule has 1 aliphatic heterocycles. The summed E-state index contributed by atoms with van der Waals surface area (Å²) in [5.41, 5.74) is 11.5. The molecule has 1 unspecified atom stereocenters. The van der Waals surface area contributed by atoms with Gasteiger partial charge in [-0.15, -0.1) is 0 Å². The summed E-state index contributed by atoms with van der Waals surface area (Å²) in [5, 5.41) is 2.80. The van der Waals surface area contributed by atoms with Gasteiger partial charge >= 0.3 is 0 Å². The van der Waals surface area contributed by atoms with Gasteiger partial charge in [0, 0.05) is 31.0 Å². The van der Waals surface area contributed by atoms with Gasteiger partial charge in [-0.05, 0) is 35.4 Å². The Labute approximate surface area is 118 Å². The van der Waals surface area contributed by atoms with E-state index in [4.69, 9.17) is 5.73 Å². The van der Waals surface area contributed by atoms with Crippen molar-refractivity contribution in [1.82, 2.24) is 0 Å². The number of hydrogen-bond acceptors (Lipinski definition) is 3. The van der Waals surface area contributed by atoms with Gasteiger partial charge in [-0.25, -0.2) is 0 Å². The summed E-state index contributed by atoms with van der Waals surface area (Å²) in [6, 6.07) is 13.8. The van der Waals surface area contributed by atoms with Gasteiger partial charge in [0.05, 0.1) is 6.04 Å². The maximum atomic E-state index is 11.2. The van der Waals surface area contributed by atoms with E-state index >= 15 is 0 Å². The highest BCUT2D eigenvalue weighted by Crippen LogP contribution is 2.42. The summed E-state index contributed by atoms with van der Waals surface area (Å²) in [5.74, 6) is -0.0805. The molecule has 0 saturated carbocycles. The first-order chi connectivity index (χ1) is 9.58. The number of para-hydroxylation sites is 1. The Morgan fingerprint density at radius 2 is 1.85 bits per heavy atom. The number of rotatable bonds is 1. The van der Waals surface area contributed by atoms with Crippen LogP contribution in [0, 0.1) is 0 Å². The maximum absolute atomic E-state index is 11.2. The topological polar surface area (TPSA) is 58.4 Å². The van der Waals surface area contributed by atoms with Gasteiger partial charge in [-0.1, -0.05) is 18.2 Å². The van der Waals surface area contributed by atoms with E-state index in [0.29, 0.717) is 0 Å². The standard InChI is InChI=1S/C16H17N3O/c1-10(20)18-11-7-8-15-13(9-11)16(17)12-5-3-4-6-14(12)19(15)2/h3-9,16H,17H2,1-2H3,(H,18,20). The Bertz CT molecular complexity index is 681. The zero-order valence-electron chi connectivity index (χ0n) is 11.6. The second kappa shape index (κ2) is 4.65. The van der Waals surface area contributed by atoms with Gasteiger partial charge in [0.25, 0.3) is 0 Å². The van der Waals surface area contributed by atoms with E-state index in [2.05, 4.69) is 16.3 Å². The predicted octanol–water partition coefficient (Wildman–Crippen LogP) is 2.77. The summed E-state index contributed by atoms with van der Waals surface area (Å²) in [4.78, 5) is 13.3. The molecule has 1 amide bonds. The number of carbonyl (C=O) groups excluding carboxylic acids is 1. The number of nitrogens with two attached hydrogens (primary N) is 1. The molecule has 3 rings (SSSR count). The molecule has 1 aliphatic rings. The number of hydrogen-bond donors (Lipinski definition) is 2. The van der Waals surface area contributed by atoms with Crippen molar-refractivity contribution < 1.29 is 4.79 Å². The summed E-state index contributed by atoms with van der Waals surface area (Å²) in [6.07, 6.45) is 0. The van der Waals surface area contributed by atoms with Gasteiger partial charge in [-0.3, -0.25) is 4.79 Å². The van der Waals surface area contributed by atoms with Crippen molar-refractivity contribution >= 4 is 23.0 Å². The molecule has 0 fully saturated rings. The highest BCUT2D eigenvalue weighted by atomic mass is 16.1. The molecule has 4 heteroatoms. The first-order valence-electron chi connectivity index (χ1n) is 6.57. The number of fused-ring (bicyclic) bond motifs is 2. The molecule has 4 nitrogen and oxygen atoms in total. The third-order valence-corrected chi connectivity index (χ3v) is 3.68. The Morgan fingerprint density at radius 3 is 2.60 bits per heavy atom. The highest BCUT2D eigenvalue weighted by molar-refractivity contribution is 5.89. The van der Waals surface area contributed by atoms with Gasteiger partial charge < -0.3 is 16.0 Å². The summed E-state index contributed by atoms with van der Waals surface area (Å²) >= 11 is 0. The van der Waals surface area contributed by atoms with Crippen molar-refractivity contribution in [2.45, 2.75) is 13.0 Å². The minimum Gasteiger partial charge on any atom is -0.344 e. The molecule has 0 aliphatic carbocycles. The van der Waals surface area contributed by atoms with Gasteiger partial charge in [0.2, 0.25) is 5.91 Å². The van der Waals surface area contributed by atoms with Crippen molar-refractivity contribution in [1.29, 1.82) is 0 Å². The van der Waals surface area contributed by atoms with Crippen LogP contribution in [0.2, 0.25) is 0 Å². The van der Waals surface area contributed by atoms with Crippen LogP contribution in [0.1, 0.15) is 24.1 Å². The van der Waals surface area contributed by atoms with E-state index in [1.165, 1.54) is 6.92 Å². The van der Waals surface area contributed by atoms with E-state index in [1.54, 1.807) is 0 Å². The molecule has 0 aromatic heterocycles. The van der Waals surface area contributed by atoms with Gasteiger partial charge in [0.15, 0.2) is 0 Å². The number of nitrogens with one attached hydrogen (secondary N) is 1. The van der Waals surface area contributed by atoms with Crippen LogP contribution in [0.4, 0.5) is 17.1 Å². The lowest BCUT2D eigenvalue weighted by atomic mass is 9.91. The molecule has 2 aromatic carbocycles. The quantitative estimate of drug-likeness (QED) is 0.835. The molecule has 0 spiro atoms. The zero-order chi connectivity index (χ0) is 14.3. The second-order valence-electron chi connectivity index (χ2n) is 5.05. The second-order valence-corrected chi connectivity index (χ2v) is 5.05. The molecule has 0 saturated heterocycles. The SMILES string of the molecule is CC(=O)Nc1ccc2c(c1)C(N)c1ccccc1N2C. The Morgan fingerprint density at radius 1 is 1.15 bits per heavy atom. The van der Waals surface area contributed by atoms with Crippen molar-refractivity contribution in [3.63, 3.8) is 0 Å². The van der Waals surface area contributed by atoms with Crippen LogP contribution in [0.5, 0.6) is 0 Å². The third kappa shape index (κ3) is 1.94. The minimum atomic E-state index is -0.175. The number of carbonyl (C=O) groups is 1. The molecule has 0 radical (unpaired) electrons. The largest absolute Gasteiger partial charge is 0.344 e. The summed E-state index contributed by atoms with van der Waals surface area (Å²) in [7, 11) is 2.03. The molecular formula is C16H17N3O.